The standard InChI is InChI=1S/C16H24N2O2/c1-4-20-14-7-5-13(6-8-14)18-15(19)16(12(2)3)9-10-17-11-16/h5-8,12,17H,4,9-11H2,1-3H3,(H,18,19). The van der Waals surface area contributed by atoms with Crippen LogP contribution < -0.4 is 15.4 Å². The van der Waals surface area contributed by atoms with Crippen LogP contribution in [0.5, 0.6) is 5.75 Å². The first-order valence-corrected chi connectivity index (χ1v) is 7.33. The molecular formula is C16H24N2O2. The fourth-order valence-corrected chi connectivity index (χ4v) is 2.72. The van der Waals surface area contributed by atoms with Gasteiger partial charge in [-0.2, -0.15) is 0 Å². The highest BCUT2D eigenvalue weighted by atomic mass is 16.5. The zero-order valence-electron chi connectivity index (χ0n) is 12.5. The Morgan fingerprint density at radius 2 is 2.10 bits per heavy atom. The second-order valence-corrected chi connectivity index (χ2v) is 5.65. The monoisotopic (exact) mass is 276 g/mol. The number of hydrogen-bond acceptors (Lipinski definition) is 3. The Hall–Kier alpha value is -1.55. The lowest BCUT2D eigenvalue weighted by molar-refractivity contribution is -0.126. The molecule has 0 aromatic heterocycles. The molecule has 1 aromatic carbocycles. The van der Waals surface area contributed by atoms with Gasteiger partial charge in [0.25, 0.3) is 0 Å². The number of rotatable bonds is 5. The molecule has 0 bridgehead atoms. The molecule has 1 fully saturated rings. The number of anilines is 1. The third-order valence-corrected chi connectivity index (χ3v) is 4.17. The van der Waals surface area contributed by atoms with Crippen molar-refractivity contribution >= 4 is 11.6 Å². The Morgan fingerprint density at radius 1 is 1.40 bits per heavy atom. The van der Waals surface area contributed by atoms with Crippen molar-refractivity contribution in [2.24, 2.45) is 11.3 Å². The van der Waals surface area contributed by atoms with E-state index >= 15 is 0 Å². The van der Waals surface area contributed by atoms with Crippen molar-refractivity contribution in [3.63, 3.8) is 0 Å². The smallest absolute Gasteiger partial charge is 0.232 e. The molecule has 2 rings (SSSR count). The summed E-state index contributed by atoms with van der Waals surface area (Å²) in [6.45, 7) is 8.50. The number of ether oxygens (including phenoxy) is 1. The van der Waals surface area contributed by atoms with Crippen molar-refractivity contribution in [1.29, 1.82) is 0 Å². The molecule has 110 valence electrons. The SMILES string of the molecule is CCOc1ccc(NC(=O)C2(C(C)C)CCNC2)cc1. The molecule has 2 N–H and O–H groups in total. The lowest BCUT2D eigenvalue weighted by Gasteiger charge is -2.31. The van der Waals surface area contributed by atoms with E-state index in [9.17, 15) is 4.79 Å². The number of nitrogens with one attached hydrogen (secondary N) is 2. The van der Waals surface area contributed by atoms with Crippen LogP contribution in [0.25, 0.3) is 0 Å². The Labute approximate surface area is 120 Å². The molecule has 4 heteroatoms. The van der Waals surface area contributed by atoms with Gasteiger partial charge in [-0.05, 0) is 50.1 Å². The summed E-state index contributed by atoms with van der Waals surface area (Å²) >= 11 is 0. The Morgan fingerprint density at radius 3 is 2.60 bits per heavy atom. The van der Waals surface area contributed by atoms with E-state index in [4.69, 9.17) is 4.74 Å². The summed E-state index contributed by atoms with van der Waals surface area (Å²) in [5.41, 5.74) is 0.531. The molecule has 20 heavy (non-hydrogen) atoms. The van der Waals surface area contributed by atoms with E-state index < -0.39 is 0 Å². The van der Waals surface area contributed by atoms with Gasteiger partial charge in [-0.3, -0.25) is 4.79 Å². The van der Waals surface area contributed by atoms with Gasteiger partial charge in [-0.25, -0.2) is 0 Å². The van der Waals surface area contributed by atoms with E-state index in [-0.39, 0.29) is 11.3 Å². The van der Waals surface area contributed by atoms with E-state index in [0.29, 0.717) is 12.5 Å². The Balaban J connectivity index is 2.06. The van der Waals surface area contributed by atoms with Crippen LogP contribution in [0.3, 0.4) is 0 Å². The van der Waals surface area contributed by atoms with Crippen LogP contribution in [-0.2, 0) is 4.79 Å². The highest BCUT2D eigenvalue weighted by Gasteiger charge is 2.43. The largest absolute Gasteiger partial charge is 0.494 e. The first kappa shape index (κ1) is 14.9. The van der Waals surface area contributed by atoms with Crippen LogP contribution in [-0.4, -0.2) is 25.6 Å². The molecule has 4 nitrogen and oxygen atoms in total. The van der Waals surface area contributed by atoms with Gasteiger partial charge in [0, 0.05) is 12.2 Å². The Kier molecular flexibility index (Phi) is 4.65. The molecule has 1 aliphatic rings. The zero-order chi connectivity index (χ0) is 14.6. The molecule has 0 aliphatic carbocycles. The fourth-order valence-electron chi connectivity index (χ4n) is 2.72. The maximum absolute atomic E-state index is 12.6. The third kappa shape index (κ3) is 2.96. The predicted molar refractivity (Wildman–Crippen MR) is 81.0 cm³/mol. The second-order valence-electron chi connectivity index (χ2n) is 5.65. The first-order chi connectivity index (χ1) is 9.58. The number of carbonyl (C=O) groups excluding carboxylic acids is 1. The first-order valence-electron chi connectivity index (χ1n) is 7.33. The van der Waals surface area contributed by atoms with Crippen molar-refractivity contribution < 1.29 is 9.53 Å². The molecule has 0 saturated carbocycles. The molecule has 1 heterocycles. The normalized spacial score (nSPS) is 22.0. The maximum Gasteiger partial charge on any atom is 0.232 e. The van der Waals surface area contributed by atoms with Crippen LogP contribution in [0.1, 0.15) is 27.2 Å². The van der Waals surface area contributed by atoms with E-state index in [2.05, 4.69) is 24.5 Å². The molecular weight excluding hydrogens is 252 g/mol. The van der Waals surface area contributed by atoms with Crippen molar-refractivity contribution in [3.05, 3.63) is 24.3 Å². The number of amides is 1. The number of benzene rings is 1. The fraction of sp³-hybridized carbons (Fsp3) is 0.562. The van der Waals surface area contributed by atoms with Gasteiger partial charge in [-0.15, -0.1) is 0 Å². The summed E-state index contributed by atoms with van der Waals surface area (Å²) in [5.74, 6) is 1.26. The molecule has 1 aliphatic heterocycles. The third-order valence-electron chi connectivity index (χ3n) is 4.17. The summed E-state index contributed by atoms with van der Waals surface area (Å²) in [5, 5.41) is 6.35. The van der Waals surface area contributed by atoms with E-state index in [1.165, 1.54) is 0 Å². The van der Waals surface area contributed by atoms with Crippen LogP contribution in [0.4, 0.5) is 5.69 Å². The topological polar surface area (TPSA) is 50.4 Å². The van der Waals surface area contributed by atoms with Gasteiger partial charge in [0.05, 0.1) is 12.0 Å². The number of carbonyl (C=O) groups is 1. The molecule has 1 saturated heterocycles. The average molecular weight is 276 g/mol. The predicted octanol–water partition coefficient (Wildman–Crippen LogP) is 2.66. The van der Waals surface area contributed by atoms with Crippen molar-refractivity contribution in [1.82, 2.24) is 5.32 Å². The molecule has 1 atom stereocenters. The Bertz CT molecular complexity index is 448. The van der Waals surface area contributed by atoms with E-state index in [0.717, 1.165) is 30.9 Å². The summed E-state index contributed by atoms with van der Waals surface area (Å²) in [4.78, 5) is 12.6. The van der Waals surface area contributed by atoms with Crippen molar-refractivity contribution in [3.8, 4) is 5.75 Å². The van der Waals surface area contributed by atoms with E-state index in [1.54, 1.807) is 0 Å². The van der Waals surface area contributed by atoms with Crippen LogP contribution in [0.2, 0.25) is 0 Å². The lowest BCUT2D eigenvalue weighted by Crippen LogP contribution is -2.42. The van der Waals surface area contributed by atoms with Gasteiger partial charge in [0.15, 0.2) is 0 Å². The zero-order valence-corrected chi connectivity index (χ0v) is 12.5. The average Bonchev–Trinajstić information content (AvgIpc) is 2.92. The van der Waals surface area contributed by atoms with Gasteiger partial charge >= 0.3 is 0 Å². The highest BCUT2D eigenvalue weighted by molar-refractivity contribution is 5.96. The summed E-state index contributed by atoms with van der Waals surface area (Å²) in [6, 6.07) is 7.54. The summed E-state index contributed by atoms with van der Waals surface area (Å²) < 4.78 is 5.40. The van der Waals surface area contributed by atoms with Gasteiger partial charge in [-0.1, -0.05) is 13.8 Å². The van der Waals surface area contributed by atoms with Crippen LogP contribution >= 0.6 is 0 Å². The van der Waals surface area contributed by atoms with Gasteiger partial charge in [0.1, 0.15) is 5.75 Å². The minimum absolute atomic E-state index is 0.113. The molecule has 1 amide bonds. The second kappa shape index (κ2) is 6.27. The van der Waals surface area contributed by atoms with Crippen molar-refractivity contribution in [2.75, 3.05) is 25.0 Å². The molecule has 1 aromatic rings. The highest BCUT2D eigenvalue weighted by Crippen LogP contribution is 2.35. The van der Waals surface area contributed by atoms with Gasteiger partial charge in [0.2, 0.25) is 5.91 Å². The van der Waals surface area contributed by atoms with Crippen LogP contribution in [0.15, 0.2) is 24.3 Å². The molecule has 0 spiro atoms. The van der Waals surface area contributed by atoms with E-state index in [1.807, 2.05) is 31.2 Å². The quantitative estimate of drug-likeness (QED) is 0.869. The van der Waals surface area contributed by atoms with Gasteiger partial charge < -0.3 is 15.4 Å². The summed E-state index contributed by atoms with van der Waals surface area (Å²) in [6.07, 6.45) is 0.896. The maximum atomic E-state index is 12.6. The summed E-state index contributed by atoms with van der Waals surface area (Å²) in [7, 11) is 0. The minimum atomic E-state index is -0.293. The van der Waals surface area contributed by atoms with Crippen molar-refractivity contribution in [2.45, 2.75) is 27.2 Å². The molecule has 0 radical (unpaired) electrons. The lowest BCUT2D eigenvalue weighted by atomic mass is 9.75. The molecule has 1 unspecified atom stereocenters. The minimum Gasteiger partial charge on any atom is -0.494 e. The van der Waals surface area contributed by atoms with Crippen LogP contribution in [0, 0.1) is 11.3 Å². The number of hydrogen-bond donors (Lipinski definition) is 2.